The molecule has 0 atom stereocenters. The zero-order valence-corrected chi connectivity index (χ0v) is 17.9. The lowest BCUT2D eigenvalue weighted by molar-refractivity contribution is -0.141. The fourth-order valence-electron chi connectivity index (χ4n) is 2.86. The highest BCUT2D eigenvalue weighted by molar-refractivity contribution is 7.98. The lowest BCUT2D eigenvalue weighted by Gasteiger charge is -2.13. The van der Waals surface area contributed by atoms with E-state index in [1.54, 1.807) is 48.5 Å². The first-order chi connectivity index (χ1) is 14.8. The fourth-order valence-corrected chi connectivity index (χ4v) is 4.16. The molecule has 0 saturated heterocycles. The van der Waals surface area contributed by atoms with E-state index in [-0.39, 0.29) is 22.7 Å². The second-order valence-corrected chi connectivity index (χ2v) is 8.19. The summed E-state index contributed by atoms with van der Waals surface area (Å²) in [4.78, 5) is 4.18. The molecule has 4 aromatic rings. The monoisotopic (exact) mass is 484 g/mol. The number of rotatable bonds is 6. The normalized spacial score (nSPS) is 11.8. The molecule has 31 heavy (non-hydrogen) atoms. The van der Waals surface area contributed by atoms with Gasteiger partial charge in [0.15, 0.2) is 5.16 Å². The SMILES string of the molecule is FC(F)(F)Cn1c(-c2ccccc2)cnc1SCc1nnc(-c2ccc(Cl)cc2Cl)o1. The Balaban J connectivity index is 1.56. The predicted molar refractivity (Wildman–Crippen MR) is 113 cm³/mol. The van der Waals surface area contributed by atoms with Gasteiger partial charge in [0.2, 0.25) is 11.8 Å². The number of aromatic nitrogens is 4. The van der Waals surface area contributed by atoms with E-state index in [1.807, 2.05) is 0 Å². The molecule has 0 bridgehead atoms. The molecule has 0 radical (unpaired) electrons. The second-order valence-electron chi connectivity index (χ2n) is 6.41. The highest BCUT2D eigenvalue weighted by atomic mass is 35.5. The Morgan fingerprint density at radius 1 is 1.03 bits per heavy atom. The van der Waals surface area contributed by atoms with E-state index in [4.69, 9.17) is 27.6 Å². The van der Waals surface area contributed by atoms with E-state index in [0.29, 0.717) is 26.9 Å². The number of nitrogens with zero attached hydrogens (tertiary/aromatic N) is 4. The first kappa shape index (κ1) is 21.7. The molecule has 0 spiro atoms. The van der Waals surface area contributed by atoms with Crippen molar-refractivity contribution in [3.05, 3.63) is 70.7 Å². The van der Waals surface area contributed by atoms with Gasteiger partial charge in [-0.15, -0.1) is 10.2 Å². The molecule has 0 aliphatic heterocycles. The van der Waals surface area contributed by atoms with E-state index < -0.39 is 12.7 Å². The number of thioether (sulfide) groups is 1. The summed E-state index contributed by atoms with van der Waals surface area (Å²) < 4.78 is 46.3. The van der Waals surface area contributed by atoms with Crippen molar-refractivity contribution in [1.29, 1.82) is 0 Å². The third kappa shape index (κ3) is 5.23. The summed E-state index contributed by atoms with van der Waals surface area (Å²) >= 11 is 13.1. The lowest BCUT2D eigenvalue weighted by Crippen LogP contribution is -2.19. The fraction of sp³-hybridized carbons (Fsp3) is 0.150. The molecular formula is C20H13Cl2F3N4OS. The van der Waals surface area contributed by atoms with E-state index in [9.17, 15) is 13.2 Å². The molecule has 0 saturated carbocycles. The smallest absolute Gasteiger partial charge is 0.406 e. The molecule has 160 valence electrons. The summed E-state index contributed by atoms with van der Waals surface area (Å²) in [6.07, 6.45) is -2.97. The van der Waals surface area contributed by atoms with Crippen molar-refractivity contribution in [2.75, 3.05) is 0 Å². The topological polar surface area (TPSA) is 56.7 Å². The predicted octanol–water partition coefficient (Wildman–Crippen LogP) is 6.76. The van der Waals surface area contributed by atoms with Crippen LogP contribution in [-0.2, 0) is 12.3 Å². The second kappa shape index (κ2) is 8.94. The van der Waals surface area contributed by atoms with Crippen molar-refractivity contribution >= 4 is 35.0 Å². The molecule has 11 heteroatoms. The summed E-state index contributed by atoms with van der Waals surface area (Å²) in [5.74, 6) is 0.566. The number of imidazole rings is 1. The minimum absolute atomic E-state index is 0.140. The molecule has 4 rings (SSSR count). The lowest BCUT2D eigenvalue weighted by atomic mass is 10.2. The highest BCUT2D eigenvalue weighted by Crippen LogP contribution is 2.33. The number of alkyl halides is 3. The van der Waals surface area contributed by atoms with Crippen molar-refractivity contribution in [2.45, 2.75) is 23.6 Å². The third-order valence-electron chi connectivity index (χ3n) is 4.18. The highest BCUT2D eigenvalue weighted by Gasteiger charge is 2.31. The van der Waals surface area contributed by atoms with Crippen LogP contribution in [0.15, 0.2) is 64.3 Å². The number of benzene rings is 2. The summed E-state index contributed by atoms with van der Waals surface area (Å²) in [5, 5.41) is 8.92. The van der Waals surface area contributed by atoms with Gasteiger partial charge >= 0.3 is 6.18 Å². The molecule has 0 aliphatic rings. The van der Waals surface area contributed by atoms with Gasteiger partial charge in [0, 0.05) is 5.02 Å². The minimum Gasteiger partial charge on any atom is -0.420 e. The Morgan fingerprint density at radius 3 is 2.52 bits per heavy atom. The molecule has 0 N–H and O–H groups in total. The van der Waals surface area contributed by atoms with Gasteiger partial charge in [-0.1, -0.05) is 65.3 Å². The van der Waals surface area contributed by atoms with Crippen LogP contribution in [0.3, 0.4) is 0 Å². The maximum Gasteiger partial charge on any atom is 0.406 e. The molecular weight excluding hydrogens is 472 g/mol. The maximum absolute atomic E-state index is 13.2. The first-order valence-corrected chi connectivity index (χ1v) is 10.6. The first-order valence-electron chi connectivity index (χ1n) is 8.88. The third-order valence-corrected chi connectivity index (χ3v) is 5.70. The van der Waals surface area contributed by atoms with Crippen LogP contribution in [0.1, 0.15) is 5.89 Å². The van der Waals surface area contributed by atoms with Crippen LogP contribution in [-0.4, -0.2) is 25.9 Å². The van der Waals surface area contributed by atoms with Gasteiger partial charge in [-0.3, -0.25) is 0 Å². The Bertz CT molecular complexity index is 1190. The molecule has 5 nitrogen and oxygen atoms in total. The Labute approximate surface area is 189 Å². The van der Waals surface area contributed by atoms with Gasteiger partial charge in [-0.25, -0.2) is 4.98 Å². The van der Waals surface area contributed by atoms with Crippen LogP contribution in [0.5, 0.6) is 0 Å². The van der Waals surface area contributed by atoms with Gasteiger partial charge in [-0.2, -0.15) is 13.2 Å². The van der Waals surface area contributed by atoms with Gasteiger partial charge in [0.1, 0.15) is 6.54 Å². The van der Waals surface area contributed by atoms with Crippen LogP contribution in [0, 0.1) is 0 Å². The van der Waals surface area contributed by atoms with E-state index in [1.165, 1.54) is 6.20 Å². The number of hydrogen-bond donors (Lipinski definition) is 0. The van der Waals surface area contributed by atoms with Crippen molar-refractivity contribution < 1.29 is 17.6 Å². The summed E-state index contributed by atoms with van der Waals surface area (Å²) in [5.41, 5.74) is 1.53. The van der Waals surface area contributed by atoms with Gasteiger partial charge in [0.25, 0.3) is 0 Å². The molecule has 0 unspecified atom stereocenters. The molecule has 2 aromatic carbocycles. The molecule has 2 aromatic heterocycles. The number of halogens is 5. The largest absolute Gasteiger partial charge is 0.420 e. The molecule has 0 aliphatic carbocycles. The van der Waals surface area contributed by atoms with Crippen LogP contribution in [0.25, 0.3) is 22.7 Å². The van der Waals surface area contributed by atoms with Crippen LogP contribution >= 0.6 is 35.0 Å². The summed E-state index contributed by atoms with van der Waals surface area (Å²) in [6, 6.07) is 13.6. The van der Waals surface area contributed by atoms with E-state index in [2.05, 4.69) is 15.2 Å². The van der Waals surface area contributed by atoms with Crippen molar-refractivity contribution in [3.8, 4) is 22.7 Å². The molecule has 0 amide bonds. The van der Waals surface area contributed by atoms with Crippen molar-refractivity contribution in [2.24, 2.45) is 0 Å². The standard InChI is InChI=1S/C20H13Cl2F3N4OS/c21-13-6-7-14(15(22)8-13)18-28-27-17(30-18)10-31-19-26-9-16(12-4-2-1-3-5-12)29(19)11-20(23,24)25/h1-9H,10-11H2. The zero-order valence-electron chi connectivity index (χ0n) is 15.6. The van der Waals surface area contributed by atoms with Crippen LogP contribution < -0.4 is 0 Å². The van der Waals surface area contributed by atoms with E-state index in [0.717, 1.165) is 16.3 Å². The van der Waals surface area contributed by atoms with Gasteiger partial charge < -0.3 is 8.98 Å². The van der Waals surface area contributed by atoms with Crippen LogP contribution in [0.4, 0.5) is 13.2 Å². The minimum atomic E-state index is -4.40. The van der Waals surface area contributed by atoms with Gasteiger partial charge in [-0.05, 0) is 23.8 Å². The van der Waals surface area contributed by atoms with E-state index >= 15 is 0 Å². The van der Waals surface area contributed by atoms with Crippen molar-refractivity contribution in [3.63, 3.8) is 0 Å². The zero-order chi connectivity index (χ0) is 22.0. The van der Waals surface area contributed by atoms with Crippen LogP contribution in [0.2, 0.25) is 10.0 Å². The van der Waals surface area contributed by atoms with Crippen molar-refractivity contribution in [1.82, 2.24) is 19.7 Å². The molecule has 0 fully saturated rings. The average molecular weight is 485 g/mol. The molecule has 2 heterocycles. The Morgan fingerprint density at radius 2 is 1.81 bits per heavy atom. The Hall–Kier alpha value is -2.49. The van der Waals surface area contributed by atoms with Gasteiger partial charge in [0.05, 0.1) is 28.2 Å². The number of hydrogen-bond acceptors (Lipinski definition) is 5. The maximum atomic E-state index is 13.2. The Kier molecular flexibility index (Phi) is 6.27. The summed E-state index contributed by atoms with van der Waals surface area (Å²) in [7, 11) is 0. The summed E-state index contributed by atoms with van der Waals surface area (Å²) in [6.45, 7) is -1.16. The average Bonchev–Trinajstić information content (AvgIpc) is 3.33. The quantitative estimate of drug-likeness (QED) is 0.283.